The van der Waals surface area contributed by atoms with E-state index >= 15 is 0 Å². The van der Waals surface area contributed by atoms with Gasteiger partial charge < -0.3 is 25.2 Å². The second kappa shape index (κ2) is 10.2. The van der Waals surface area contributed by atoms with Crippen molar-refractivity contribution >= 4 is 34.5 Å². The average Bonchev–Trinajstić information content (AvgIpc) is 3.54. The first-order valence-electron chi connectivity index (χ1n) is 11.7. The van der Waals surface area contributed by atoms with Gasteiger partial charge in [-0.2, -0.15) is 0 Å². The van der Waals surface area contributed by atoms with Crippen LogP contribution >= 0.6 is 0 Å². The van der Waals surface area contributed by atoms with E-state index in [1.807, 2.05) is 43.3 Å². The number of hydrogen-bond donors (Lipinski definition) is 3. The van der Waals surface area contributed by atoms with Crippen LogP contribution in [-0.2, 0) is 4.74 Å². The number of carbonyl (C=O) groups is 2. The number of rotatable bonds is 8. The van der Waals surface area contributed by atoms with Gasteiger partial charge in [-0.1, -0.05) is 12.1 Å². The third kappa shape index (κ3) is 4.79. The fraction of sp³-hybridized carbons (Fsp3) is 0.280. The van der Waals surface area contributed by atoms with Crippen LogP contribution in [-0.4, -0.2) is 76.1 Å². The number of nitrogens with two attached hydrogens (primary N) is 1. The van der Waals surface area contributed by atoms with Gasteiger partial charge in [-0.15, -0.1) is 0 Å². The molecule has 36 heavy (non-hydrogen) atoms. The van der Waals surface area contributed by atoms with E-state index in [0.29, 0.717) is 29.5 Å². The highest BCUT2D eigenvalue weighted by molar-refractivity contribution is 6.14. The number of aromatic amines is 2. The predicted octanol–water partition coefficient (Wildman–Crippen LogP) is 2.38. The molecule has 0 bridgehead atoms. The van der Waals surface area contributed by atoms with Gasteiger partial charge in [0, 0.05) is 19.6 Å². The first-order valence-corrected chi connectivity index (χ1v) is 11.7. The molecular formula is C25H27N7O4. The summed E-state index contributed by atoms with van der Waals surface area (Å²) < 4.78 is 11.4. The number of aryl methyl sites for hydroxylation is 1. The molecule has 186 valence electrons. The lowest BCUT2D eigenvalue weighted by Gasteiger charge is -2.26. The van der Waals surface area contributed by atoms with Crippen molar-refractivity contribution in [2.24, 2.45) is 5.73 Å². The molecule has 0 unspecified atom stereocenters. The van der Waals surface area contributed by atoms with Crippen LogP contribution in [0.4, 0.5) is 11.6 Å². The number of carbonyl (C=O) groups excluding carboxylic acids is 2. The van der Waals surface area contributed by atoms with Crippen LogP contribution in [0.2, 0.25) is 0 Å². The van der Waals surface area contributed by atoms with Crippen LogP contribution < -0.4 is 15.4 Å². The molecule has 1 aliphatic heterocycles. The Morgan fingerprint density at radius 1 is 1.19 bits per heavy atom. The van der Waals surface area contributed by atoms with Crippen molar-refractivity contribution in [3.63, 3.8) is 0 Å². The first kappa shape index (κ1) is 23.5. The molecule has 5 rings (SSSR count). The van der Waals surface area contributed by atoms with Gasteiger partial charge in [0.15, 0.2) is 5.69 Å². The lowest BCUT2D eigenvalue weighted by molar-refractivity contribution is 0.0322. The number of amides is 2. The Morgan fingerprint density at radius 3 is 2.75 bits per heavy atom. The second-order valence-corrected chi connectivity index (χ2v) is 8.46. The Bertz CT molecular complexity index is 1360. The number of ether oxygens (including phenoxy) is 2. The van der Waals surface area contributed by atoms with E-state index in [0.717, 1.165) is 43.9 Å². The molecule has 3 heterocycles. The predicted molar refractivity (Wildman–Crippen MR) is 134 cm³/mol. The van der Waals surface area contributed by atoms with Gasteiger partial charge in [0.25, 0.3) is 11.8 Å². The van der Waals surface area contributed by atoms with Crippen molar-refractivity contribution in [3.8, 4) is 5.75 Å². The summed E-state index contributed by atoms with van der Waals surface area (Å²) >= 11 is 0. The molecule has 0 atom stereocenters. The highest BCUT2D eigenvalue weighted by atomic mass is 16.5. The normalized spacial score (nSPS) is 14.1. The number of nitrogens with one attached hydrogen (secondary N) is 2. The maximum absolute atomic E-state index is 13.7. The van der Waals surface area contributed by atoms with Crippen molar-refractivity contribution in [3.05, 3.63) is 65.7 Å². The number of fused-ring (bicyclic) bond motifs is 1. The van der Waals surface area contributed by atoms with Gasteiger partial charge in [-0.3, -0.25) is 14.5 Å². The lowest BCUT2D eigenvalue weighted by Crippen LogP contribution is -2.38. The fourth-order valence-corrected chi connectivity index (χ4v) is 4.21. The average molecular weight is 490 g/mol. The van der Waals surface area contributed by atoms with E-state index in [4.69, 9.17) is 15.2 Å². The fourth-order valence-electron chi connectivity index (χ4n) is 4.21. The molecule has 1 saturated heterocycles. The summed E-state index contributed by atoms with van der Waals surface area (Å²) in [4.78, 5) is 43.8. The van der Waals surface area contributed by atoms with Crippen LogP contribution in [0.1, 0.15) is 26.5 Å². The Labute approximate surface area is 207 Å². The number of morpholine rings is 1. The molecule has 2 aromatic carbocycles. The van der Waals surface area contributed by atoms with E-state index < -0.39 is 11.8 Å². The number of para-hydroxylation sites is 2. The van der Waals surface area contributed by atoms with Crippen LogP contribution in [0.5, 0.6) is 5.75 Å². The second-order valence-electron chi connectivity index (χ2n) is 8.46. The first-order chi connectivity index (χ1) is 17.5. The number of anilines is 2. The van der Waals surface area contributed by atoms with Gasteiger partial charge in [-0.05, 0) is 42.8 Å². The number of primary amides is 1. The third-order valence-corrected chi connectivity index (χ3v) is 6.07. The minimum Gasteiger partial charge on any atom is -0.492 e. The van der Waals surface area contributed by atoms with Crippen molar-refractivity contribution in [2.45, 2.75) is 6.92 Å². The number of hydrogen-bond acceptors (Lipinski definition) is 7. The molecule has 0 radical (unpaired) electrons. The maximum atomic E-state index is 13.7. The molecule has 0 spiro atoms. The Kier molecular flexibility index (Phi) is 6.65. The van der Waals surface area contributed by atoms with Crippen LogP contribution in [0, 0.1) is 6.92 Å². The highest BCUT2D eigenvalue weighted by Crippen LogP contribution is 2.32. The maximum Gasteiger partial charge on any atom is 0.284 e. The smallest absolute Gasteiger partial charge is 0.284 e. The molecule has 0 aliphatic carbocycles. The number of aromatic nitrogens is 4. The van der Waals surface area contributed by atoms with E-state index in [1.54, 1.807) is 6.07 Å². The van der Waals surface area contributed by atoms with E-state index in [9.17, 15) is 9.59 Å². The molecule has 1 aliphatic rings. The SMILES string of the molecule is Cc1cc(OCCN2CCOCC2)ccc1N(C(=O)c1[nH]cnc1C(N)=O)c1nc2ccccc2[nH]1. The van der Waals surface area contributed by atoms with Crippen molar-refractivity contribution < 1.29 is 19.1 Å². The Balaban J connectivity index is 1.45. The standard InChI is InChI=1S/C25H27N7O4/c1-16-14-17(36-13-10-31-8-11-35-12-9-31)6-7-20(16)32(24(34)22-21(23(26)33)27-15-28-22)25-29-18-4-2-3-5-19(18)30-25/h2-7,14-15H,8-13H2,1H3,(H2,26,33)(H,27,28)(H,29,30). The molecule has 1 fully saturated rings. The zero-order valence-electron chi connectivity index (χ0n) is 19.9. The van der Waals surface area contributed by atoms with Crippen molar-refractivity contribution in [1.29, 1.82) is 0 Å². The van der Waals surface area contributed by atoms with Gasteiger partial charge in [0.05, 0.1) is 36.3 Å². The molecule has 0 saturated carbocycles. The number of nitrogens with zero attached hydrogens (tertiary/aromatic N) is 4. The van der Waals surface area contributed by atoms with E-state index in [1.165, 1.54) is 11.2 Å². The summed E-state index contributed by atoms with van der Waals surface area (Å²) in [7, 11) is 0. The van der Waals surface area contributed by atoms with Crippen molar-refractivity contribution in [1.82, 2.24) is 24.8 Å². The highest BCUT2D eigenvalue weighted by Gasteiger charge is 2.29. The summed E-state index contributed by atoms with van der Waals surface area (Å²) in [6.07, 6.45) is 1.27. The zero-order valence-corrected chi connectivity index (χ0v) is 19.9. The quantitative estimate of drug-likeness (QED) is 0.345. The summed E-state index contributed by atoms with van der Waals surface area (Å²) in [6.45, 7) is 6.52. The van der Waals surface area contributed by atoms with Gasteiger partial charge in [0.2, 0.25) is 5.95 Å². The molecule has 2 aromatic heterocycles. The third-order valence-electron chi connectivity index (χ3n) is 6.07. The van der Waals surface area contributed by atoms with Crippen LogP contribution in [0.15, 0.2) is 48.8 Å². The topological polar surface area (TPSA) is 142 Å². The van der Waals surface area contributed by atoms with Gasteiger partial charge >= 0.3 is 0 Å². The largest absolute Gasteiger partial charge is 0.492 e. The summed E-state index contributed by atoms with van der Waals surface area (Å²) in [5.41, 5.74) is 8.11. The number of imidazole rings is 2. The van der Waals surface area contributed by atoms with Crippen molar-refractivity contribution in [2.75, 3.05) is 44.4 Å². The molecule has 11 heteroatoms. The van der Waals surface area contributed by atoms with Crippen LogP contribution in [0.3, 0.4) is 0 Å². The lowest BCUT2D eigenvalue weighted by atomic mass is 10.1. The van der Waals surface area contributed by atoms with Gasteiger partial charge in [0.1, 0.15) is 18.1 Å². The monoisotopic (exact) mass is 489 g/mol. The minimum atomic E-state index is -0.801. The molecule has 4 N–H and O–H groups in total. The number of benzene rings is 2. The molecule has 11 nitrogen and oxygen atoms in total. The minimum absolute atomic E-state index is 0.0202. The number of H-pyrrole nitrogens is 2. The molecular weight excluding hydrogens is 462 g/mol. The Morgan fingerprint density at radius 2 is 2.00 bits per heavy atom. The molecule has 2 amide bonds. The molecule has 4 aromatic rings. The van der Waals surface area contributed by atoms with Crippen LogP contribution in [0.25, 0.3) is 11.0 Å². The summed E-state index contributed by atoms with van der Waals surface area (Å²) in [5.74, 6) is -0.328. The van der Waals surface area contributed by atoms with E-state index in [2.05, 4.69) is 24.8 Å². The van der Waals surface area contributed by atoms with Gasteiger partial charge in [-0.25, -0.2) is 14.9 Å². The van der Waals surface area contributed by atoms with E-state index in [-0.39, 0.29) is 11.4 Å². The zero-order chi connectivity index (χ0) is 25.1. The Hall–Kier alpha value is -4.22. The summed E-state index contributed by atoms with van der Waals surface area (Å²) in [6, 6.07) is 13.0. The summed E-state index contributed by atoms with van der Waals surface area (Å²) in [5, 5.41) is 0.